The molecule has 0 aliphatic carbocycles. The third-order valence-corrected chi connectivity index (χ3v) is 3.53. The molecule has 0 saturated heterocycles. The maximum Gasteiger partial charge on any atom is 0.114 e. The number of pyridine rings is 1. The highest BCUT2D eigenvalue weighted by atomic mass is 32.1. The van der Waals surface area contributed by atoms with Crippen molar-refractivity contribution in [2.45, 2.75) is 26.3 Å². The summed E-state index contributed by atoms with van der Waals surface area (Å²) in [5.41, 5.74) is 2.47. The fourth-order valence-electron chi connectivity index (χ4n) is 1.77. The van der Waals surface area contributed by atoms with E-state index in [1.54, 1.807) is 11.3 Å². The maximum atomic E-state index is 4.42. The molecule has 1 unspecified atom stereocenters. The summed E-state index contributed by atoms with van der Waals surface area (Å²) in [5, 5.41) is 6.66. The number of rotatable bonds is 5. The topological polar surface area (TPSA) is 37.8 Å². The highest BCUT2D eigenvalue weighted by molar-refractivity contribution is 7.09. The second-order valence-electron chi connectivity index (χ2n) is 3.99. The van der Waals surface area contributed by atoms with E-state index in [0.29, 0.717) is 0 Å². The number of aryl methyl sites for hydroxylation is 1. The largest absolute Gasteiger partial charge is 0.304 e. The van der Waals surface area contributed by atoms with E-state index in [-0.39, 0.29) is 6.04 Å². The van der Waals surface area contributed by atoms with Crippen LogP contribution in [-0.2, 0) is 0 Å². The Morgan fingerprint density at radius 2 is 2.29 bits per heavy atom. The van der Waals surface area contributed by atoms with E-state index in [2.05, 4.69) is 29.1 Å². The standard InChI is InChI=1S/C13H17N3S/c1-3-5-15-12(13-16-7-8-17-13)11-9-14-6-4-10(11)2/h4,6-9,12,15H,3,5H2,1-2H3. The molecule has 2 aromatic heterocycles. The van der Waals surface area contributed by atoms with Crippen molar-refractivity contribution in [3.05, 3.63) is 46.2 Å². The van der Waals surface area contributed by atoms with Crippen molar-refractivity contribution in [3.63, 3.8) is 0 Å². The highest BCUT2D eigenvalue weighted by Crippen LogP contribution is 2.25. The van der Waals surface area contributed by atoms with E-state index in [1.807, 2.05) is 30.0 Å². The third kappa shape index (κ3) is 2.90. The van der Waals surface area contributed by atoms with Gasteiger partial charge in [0.25, 0.3) is 0 Å². The van der Waals surface area contributed by atoms with Gasteiger partial charge in [0.1, 0.15) is 5.01 Å². The SMILES string of the molecule is CCCNC(c1nccs1)c1cnccc1C. The molecule has 4 heteroatoms. The van der Waals surface area contributed by atoms with Gasteiger partial charge in [-0.1, -0.05) is 6.92 Å². The first-order chi connectivity index (χ1) is 8.33. The molecule has 2 aromatic rings. The lowest BCUT2D eigenvalue weighted by atomic mass is 10.0. The fourth-order valence-corrected chi connectivity index (χ4v) is 2.50. The van der Waals surface area contributed by atoms with Crippen LogP contribution in [0.25, 0.3) is 0 Å². The van der Waals surface area contributed by atoms with E-state index in [1.165, 1.54) is 11.1 Å². The Morgan fingerprint density at radius 1 is 1.41 bits per heavy atom. The first kappa shape index (κ1) is 12.2. The smallest absolute Gasteiger partial charge is 0.114 e. The Hall–Kier alpha value is -1.26. The van der Waals surface area contributed by atoms with Gasteiger partial charge in [-0.15, -0.1) is 11.3 Å². The molecule has 0 aliphatic heterocycles. The summed E-state index contributed by atoms with van der Waals surface area (Å²) in [4.78, 5) is 8.64. The summed E-state index contributed by atoms with van der Waals surface area (Å²) in [7, 11) is 0. The Morgan fingerprint density at radius 3 is 2.94 bits per heavy atom. The van der Waals surface area contributed by atoms with E-state index < -0.39 is 0 Å². The molecule has 0 bridgehead atoms. The quantitative estimate of drug-likeness (QED) is 0.882. The molecule has 2 heterocycles. The van der Waals surface area contributed by atoms with E-state index in [9.17, 15) is 0 Å². The van der Waals surface area contributed by atoms with Crippen molar-refractivity contribution in [2.75, 3.05) is 6.54 Å². The van der Waals surface area contributed by atoms with Crippen molar-refractivity contribution in [1.82, 2.24) is 15.3 Å². The number of aromatic nitrogens is 2. The van der Waals surface area contributed by atoms with Gasteiger partial charge in [0.2, 0.25) is 0 Å². The molecule has 0 fully saturated rings. The first-order valence-corrected chi connectivity index (χ1v) is 6.74. The second-order valence-corrected chi connectivity index (χ2v) is 4.92. The minimum Gasteiger partial charge on any atom is -0.304 e. The minimum atomic E-state index is 0.170. The Labute approximate surface area is 106 Å². The van der Waals surface area contributed by atoms with E-state index in [0.717, 1.165) is 18.0 Å². The predicted molar refractivity (Wildman–Crippen MR) is 71.2 cm³/mol. The lowest BCUT2D eigenvalue weighted by Crippen LogP contribution is -2.23. The number of nitrogens with zero attached hydrogens (tertiary/aromatic N) is 2. The molecule has 17 heavy (non-hydrogen) atoms. The summed E-state index contributed by atoms with van der Waals surface area (Å²) < 4.78 is 0. The molecule has 0 saturated carbocycles. The van der Waals surface area contributed by atoms with Gasteiger partial charge in [0.05, 0.1) is 6.04 Å². The van der Waals surface area contributed by atoms with Crippen LogP contribution < -0.4 is 5.32 Å². The van der Waals surface area contributed by atoms with Gasteiger partial charge < -0.3 is 5.32 Å². The fraction of sp³-hybridized carbons (Fsp3) is 0.385. The van der Waals surface area contributed by atoms with Gasteiger partial charge >= 0.3 is 0 Å². The first-order valence-electron chi connectivity index (χ1n) is 5.86. The van der Waals surface area contributed by atoms with E-state index >= 15 is 0 Å². The zero-order valence-electron chi connectivity index (χ0n) is 10.2. The molecule has 0 aromatic carbocycles. The van der Waals surface area contributed by atoms with Crippen LogP contribution in [0.2, 0.25) is 0 Å². The van der Waals surface area contributed by atoms with Crippen LogP contribution >= 0.6 is 11.3 Å². The average molecular weight is 247 g/mol. The van der Waals surface area contributed by atoms with Crippen molar-refractivity contribution < 1.29 is 0 Å². The number of nitrogens with one attached hydrogen (secondary N) is 1. The van der Waals surface area contributed by atoms with Crippen LogP contribution in [0.5, 0.6) is 0 Å². The molecule has 0 aliphatic rings. The molecular weight excluding hydrogens is 230 g/mol. The van der Waals surface area contributed by atoms with Crippen LogP contribution in [0.1, 0.15) is 35.5 Å². The average Bonchev–Trinajstić information content (AvgIpc) is 2.85. The van der Waals surface area contributed by atoms with Gasteiger partial charge in [-0.25, -0.2) is 4.98 Å². The van der Waals surface area contributed by atoms with Gasteiger partial charge in [-0.05, 0) is 37.1 Å². The molecular formula is C13H17N3S. The van der Waals surface area contributed by atoms with Gasteiger partial charge in [-0.3, -0.25) is 4.98 Å². The third-order valence-electron chi connectivity index (χ3n) is 2.69. The highest BCUT2D eigenvalue weighted by Gasteiger charge is 2.17. The number of thiazole rings is 1. The molecule has 1 atom stereocenters. The lowest BCUT2D eigenvalue weighted by Gasteiger charge is -2.18. The molecule has 2 rings (SSSR count). The molecule has 1 N–H and O–H groups in total. The lowest BCUT2D eigenvalue weighted by molar-refractivity contribution is 0.592. The van der Waals surface area contributed by atoms with Crippen molar-refractivity contribution in [3.8, 4) is 0 Å². The van der Waals surface area contributed by atoms with Crippen LogP contribution in [0, 0.1) is 6.92 Å². The number of hydrogen-bond donors (Lipinski definition) is 1. The summed E-state index contributed by atoms with van der Waals surface area (Å²) in [6, 6.07) is 2.22. The van der Waals surface area contributed by atoms with Crippen molar-refractivity contribution in [2.24, 2.45) is 0 Å². The maximum absolute atomic E-state index is 4.42. The zero-order chi connectivity index (χ0) is 12.1. The van der Waals surface area contributed by atoms with Crippen LogP contribution in [0.4, 0.5) is 0 Å². The number of hydrogen-bond acceptors (Lipinski definition) is 4. The van der Waals surface area contributed by atoms with E-state index in [4.69, 9.17) is 0 Å². The van der Waals surface area contributed by atoms with Crippen molar-refractivity contribution >= 4 is 11.3 Å². The van der Waals surface area contributed by atoms with Gasteiger partial charge in [-0.2, -0.15) is 0 Å². The molecule has 0 radical (unpaired) electrons. The summed E-state index contributed by atoms with van der Waals surface area (Å²) in [5.74, 6) is 0. The summed E-state index contributed by atoms with van der Waals surface area (Å²) in [6.45, 7) is 5.27. The molecule has 90 valence electrons. The zero-order valence-corrected chi connectivity index (χ0v) is 11.0. The molecule has 3 nitrogen and oxygen atoms in total. The Bertz CT molecular complexity index is 453. The summed E-state index contributed by atoms with van der Waals surface area (Å²) >= 11 is 1.68. The molecule has 0 spiro atoms. The monoisotopic (exact) mass is 247 g/mol. The normalized spacial score (nSPS) is 12.6. The Kier molecular flexibility index (Phi) is 4.23. The Balaban J connectivity index is 2.30. The summed E-state index contributed by atoms with van der Waals surface area (Å²) in [6.07, 6.45) is 6.73. The predicted octanol–water partition coefficient (Wildman–Crippen LogP) is 2.94. The van der Waals surface area contributed by atoms with Crippen LogP contribution in [0.15, 0.2) is 30.0 Å². The van der Waals surface area contributed by atoms with Gasteiger partial charge in [0, 0.05) is 24.0 Å². The van der Waals surface area contributed by atoms with Crippen molar-refractivity contribution in [1.29, 1.82) is 0 Å². The minimum absolute atomic E-state index is 0.170. The van der Waals surface area contributed by atoms with Gasteiger partial charge in [0.15, 0.2) is 0 Å². The van der Waals surface area contributed by atoms with Crippen LogP contribution in [-0.4, -0.2) is 16.5 Å². The second kappa shape index (κ2) is 5.89. The molecule has 0 amide bonds. The van der Waals surface area contributed by atoms with Crippen LogP contribution in [0.3, 0.4) is 0 Å².